The maximum absolute atomic E-state index is 13.5. The van der Waals surface area contributed by atoms with Gasteiger partial charge in [-0.2, -0.15) is 5.26 Å². The molecular formula is C18H14F2N2O4S. The van der Waals surface area contributed by atoms with E-state index in [1.807, 2.05) is 10.8 Å². The summed E-state index contributed by atoms with van der Waals surface area (Å²) in [6.07, 6.45) is -0.900. The Morgan fingerprint density at radius 2 is 1.70 bits per heavy atom. The molecule has 0 aromatic heterocycles. The number of amides is 1. The second-order valence-corrected chi connectivity index (χ2v) is 7.36. The van der Waals surface area contributed by atoms with Gasteiger partial charge in [-0.25, -0.2) is 17.2 Å². The van der Waals surface area contributed by atoms with E-state index in [9.17, 15) is 26.8 Å². The van der Waals surface area contributed by atoms with Crippen LogP contribution in [0.1, 0.15) is 34.3 Å². The Labute approximate surface area is 154 Å². The Bertz CT molecular complexity index is 1010. The summed E-state index contributed by atoms with van der Waals surface area (Å²) in [6.45, 7) is 0. The van der Waals surface area contributed by atoms with Crippen LogP contribution in [0.4, 0.5) is 8.78 Å². The van der Waals surface area contributed by atoms with Gasteiger partial charge in [-0.3, -0.25) is 14.3 Å². The first-order valence-corrected chi connectivity index (χ1v) is 9.36. The number of halogens is 2. The van der Waals surface area contributed by atoms with Gasteiger partial charge in [0.05, 0.1) is 22.9 Å². The molecule has 1 N–H and O–H groups in total. The second kappa shape index (κ2) is 8.51. The molecule has 0 spiro atoms. The van der Waals surface area contributed by atoms with Gasteiger partial charge >= 0.3 is 0 Å². The monoisotopic (exact) mass is 392 g/mol. The summed E-state index contributed by atoms with van der Waals surface area (Å²) < 4.78 is 52.2. The first-order valence-electron chi connectivity index (χ1n) is 7.71. The van der Waals surface area contributed by atoms with Crippen molar-refractivity contribution >= 4 is 21.7 Å². The zero-order chi connectivity index (χ0) is 20.0. The van der Waals surface area contributed by atoms with Crippen LogP contribution in [0, 0.1) is 23.0 Å². The lowest BCUT2D eigenvalue weighted by molar-refractivity contribution is -0.119. The van der Waals surface area contributed by atoms with Crippen LogP contribution in [0.5, 0.6) is 0 Å². The minimum atomic E-state index is -4.00. The third-order valence-electron chi connectivity index (χ3n) is 3.52. The van der Waals surface area contributed by atoms with Gasteiger partial charge in [-0.05, 0) is 29.8 Å². The molecule has 2 aromatic carbocycles. The molecule has 0 unspecified atom stereocenters. The highest BCUT2D eigenvalue weighted by molar-refractivity contribution is 7.89. The zero-order valence-electron chi connectivity index (χ0n) is 13.9. The molecule has 0 aliphatic rings. The Kier molecular flexibility index (Phi) is 6.36. The van der Waals surface area contributed by atoms with E-state index in [4.69, 9.17) is 5.26 Å². The van der Waals surface area contributed by atoms with Crippen LogP contribution in [0.15, 0.2) is 42.5 Å². The van der Waals surface area contributed by atoms with Crippen molar-refractivity contribution in [2.45, 2.75) is 18.6 Å². The van der Waals surface area contributed by atoms with Gasteiger partial charge in [0, 0.05) is 18.9 Å². The SMILES string of the molecule is N#Cc1ccc(CS(=O)(=O)NC(=O)CCC(=O)c2ccc(F)cc2F)cc1. The van der Waals surface area contributed by atoms with Crippen molar-refractivity contribution < 1.29 is 26.8 Å². The van der Waals surface area contributed by atoms with Gasteiger partial charge in [0.2, 0.25) is 15.9 Å². The third-order valence-corrected chi connectivity index (χ3v) is 4.77. The predicted octanol–water partition coefficient (Wildman–Crippen LogP) is 2.45. The van der Waals surface area contributed by atoms with Gasteiger partial charge in [-0.15, -0.1) is 0 Å². The van der Waals surface area contributed by atoms with Gasteiger partial charge in [0.15, 0.2) is 5.78 Å². The summed E-state index contributed by atoms with van der Waals surface area (Å²) in [4.78, 5) is 23.7. The summed E-state index contributed by atoms with van der Waals surface area (Å²) in [7, 11) is -4.00. The van der Waals surface area contributed by atoms with E-state index >= 15 is 0 Å². The molecule has 0 saturated heterocycles. The molecule has 0 fully saturated rings. The molecule has 0 aliphatic carbocycles. The molecule has 27 heavy (non-hydrogen) atoms. The van der Waals surface area contributed by atoms with Crippen LogP contribution in [0.3, 0.4) is 0 Å². The smallest absolute Gasteiger partial charge is 0.239 e. The molecule has 0 aliphatic heterocycles. The average molecular weight is 392 g/mol. The van der Waals surface area contributed by atoms with Gasteiger partial charge in [-0.1, -0.05) is 12.1 Å². The lowest BCUT2D eigenvalue weighted by atomic mass is 10.1. The van der Waals surface area contributed by atoms with Gasteiger partial charge in [0.25, 0.3) is 0 Å². The highest BCUT2D eigenvalue weighted by Gasteiger charge is 2.18. The number of nitrogens with one attached hydrogen (secondary N) is 1. The van der Waals surface area contributed by atoms with Crippen molar-refractivity contribution in [3.63, 3.8) is 0 Å². The minimum Gasteiger partial charge on any atom is -0.294 e. The Morgan fingerprint density at radius 1 is 1.04 bits per heavy atom. The summed E-state index contributed by atoms with van der Waals surface area (Å²) >= 11 is 0. The number of hydrogen-bond donors (Lipinski definition) is 1. The second-order valence-electron chi connectivity index (χ2n) is 5.64. The minimum absolute atomic E-state index is 0.367. The molecule has 0 bridgehead atoms. The zero-order valence-corrected chi connectivity index (χ0v) is 14.7. The van der Waals surface area contributed by atoms with E-state index < -0.39 is 51.9 Å². The number of carbonyl (C=O) groups is 2. The van der Waals surface area contributed by atoms with E-state index in [2.05, 4.69) is 0 Å². The predicted molar refractivity (Wildman–Crippen MR) is 91.8 cm³/mol. The van der Waals surface area contributed by atoms with E-state index in [1.165, 1.54) is 24.3 Å². The van der Waals surface area contributed by atoms with Crippen LogP contribution < -0.4 is 4.72 Å². The van der Waals surface area contributed by atoms with Crippen molar-refractivity contribution in [2.75, 3.05) is 0 Å². The molecular weight excluding hydrogens is 378 g/mol. The number of rotatable bonds is 7. The first kappa shape index (κ1) is 20.2. The van der Waals surface area contributed by atoms with Crippen LogP contribution in [0.2, 0.25) is 0 Å². The number of hydrogen-bond acceptors (Lipinski definition) is 5. The van der Waals surface area contributed by atoms with Crippen LogP contribution >= 0.6 is 0 Å². The summed E-state index contributed by atoms with van der Waals surface area (Å²) in [5, 5.41) is 8.70. The van der Waals surface area contributed by atoms with E-state index in [0.717, 1.165) is 12.1 Å². The van der Waals surface area contributed by atoms with Gasteiger partial charge in [0.1, 0.15) is 11.6 Å². The van der Waals surface area contributed by atoms with Crippen molar-refractivity contribution in [2.24, 2.45) is 0 Å². The van der Waals surface area contributed by atoms with E-state index in [-0.39, 0.29) is 5.56 Å². The maximum Gasteiger partial charge on any atom is 0.239 e. The quantitative estimate of drug-likeness (QED) is 0.729. The molecule has 9 heteroatoms. The number of benzene rings is 2. The summed E-state index contributed by atoms with van der Waals surface area (Å²) in [6, 6.07) is 10.1. The number of sulfonamides is 1. The molecule has 0 saturated carbocycles. The van der Waals surface area contributed by atoms with Crippen molar-refractivity contribution in [1.82, 2.24) is 4.72 Å². The standard InChI is InChI=1S/C18H14F2N2O4S/c19-14-5-6-15(16(20)9-14)17(23)7-8-18(24)22-27(25,26)11-13-3-1-12(10-21)2-4-13/h1-6,9H,7-8,11H2,(H,22,24). The molecule has 2 aromatic rings. The van der Waals surface area contributed by atoms with Crippen LogP contribution in [-0.4, -0.2) is 20.1 Å². The molecule has 2 rings (SSSR count). The summed E-state index contributed by atoms with van der Waals surface area (Å²) in [5.41, 5.74) is 0.370. The largest absolute Gasteiger partial charge is 0.294 e. The fourth-order valence-electron chi connectivity index (χ4n) is 2.23. The first-order chi connectivity index (χ1) is 12.7. The molecule has 6 nitrogen and oxygen atoms in total. The number of carbonyl (C=O) groups excluding carboxylic acids is 2. The van der Waals surface area contributed by atoms with Crippen molar-refractivity contribution in [1.29, 1.82) is 5.26 Å². The van der Waals surface area contributed by atoms with E-state index in [0.29, 0.717) is 17.2 Å². The lowest BCUT2D eigenvalue weighted by Gasteiger charge is -2.07. The maximum atomic E-state index is 13.5. The van der Waals surface area contributed by atoms with Crippen molar-refractivity contribution in [3.05, 3.63) is 70.8 Å². The van der Waals surface area contributed by atoms with Crippen LogP contribution in [0.25, 0.3) is 0 Å². The molecule has 1 amide bonds. The highest BCUT2D eigenvalue weighted by Crippen LogP contribution is 2.13. The summed E-state index contributed by atoms with van der Waals surface area (Å²) in [5.74, 6) is -4.03. The number of ketones is 1. The Balaban J connectivity index is 1.91. The Morgan fingerprint density at radius 3 is 2.30 bits per heavy atom. The normalized spacial score (nSPS) is 10.9. The fourth-order valence-corrected chi connectivity index (χ4v) is 3.39. The molecule has 0 radical (unpaired) electrons. The molecule has 0 atom stereocenters. The van der Waals surface area contributed by atoms with Crippen LogP contribution in [-0.2, 0) is 20.6 Å². The van der Waals surface area contributed by atoms with Crippen molar-refractivity contribution in [3.8, 4) is 6.07 Å². The third kappa shape index (κ3) is 5.97. The Hall–Kier alpha value is -3.12. The number of nitriles is 1. The lowest BCUT2D eigenvalue weighted by Crippen LogP contribution is -2.31. The molecule has 140 valence electrons. The average Bonchev–Trinajstić information content (AvgIpc) is 2.59. The fraction of sp³-hybridized carbons (Fsp3) is 0.167. The topological polar surface area (TPSA) is 104 Å². The highest BCUT2D eigenvalue weighted by atomic mass is 32.2. The van der Waals surface area contributed by atoms with Gasteiger partial charge < -0.3 is 0 Å². The number of nitrogens with zero attached hydrogens (tertiary/aromatic N) is 1. The molecule has 0 heterocycles. The van der Waals surface area contributed by atoms with E-state index in [1.54, 1.807) is 0 Å². The number of Topliss-reactive ketones (excluding diaryl/α,β-unsaturated/α-hetero) is 1.